The minimum absolute atomic E-state index is 0.717. The summed E-state index contributed by atoms with van der Waals surface area (Å²) in [7, 11) is 0. The molecule has 0 aliphatic heterocycles. The molecule has 0 saturated heterocycles. The van der Waals surface area contributed by atoms with Crippen LogP contribution >= 0.6 is 0 Å². The van der Waals surface area contributed by atoms with E-state index >= 15 is 0 Å². The van der Waals surface area contributed by atoms with E-state index in [0.717, 1.165) is 19.5 Å². The highest BCUT2D eigenvalue weighted by Crippen LogP contribution is 2.27. The molecule has 2 rings (SSSR count). The van der Waals surface area contributed by atoms with E-state index in [9.17, 15) is 0 Å². The topological polar surface area (TPSA) is 42.1 Å². The zero-order valence-electron chi connectivity index (χ0n) is 9.81. The van der Waals surface area contributed by atoms with Gasteiger partial charge in [0, 0.05) is 30.7 Å². The van der Waals surface area contributed by atoms with E-state index in [1.807, 2.05) is 12.4 Å². The monoisotopic (exact) mass is 219 g/mol. The number of hydrogen-bond donors (Lipinski definition) is 1. The minimum atomic E-state index is 0.717. The van der Waals surface area contributed by atoms with Gasteiger partial charge in [-0.1, -0.05) is 12.8 Å². The van der Waals surface area contributed by atoms with E-state index in [2.05, 4.69) is 22.0 Å². The maximum atomic E-state index is 5.61. The third-order valence-electron chi connectivity index (χ3n) is 3.36. The molecule has 0 radical (unpaired) electrons. The molecule has 1 aromatic rings. The van der Waals surface area contributed by atoms with Crippen LogP contribution in [0, 0.1) is 0 Å². The highest BCUT2D eigenvalue weighted by molar-refractivity contribution is 5.45. The lowest BCUT2D eigenvalue weighted by atomic mass is 10.1. The lowest BCUT2D eigenvalue weighted by molar-refractivity contribution is 0.593. The summed E-state index contributed by atoms with van der Waals surface area (Å²) in [5, 5.41) is 0. The Morgan fingerprint density at radius 3 is 2.56 bits per heavy atom. The maximum absolute atomic E-state index is 5.61. The van der Waals surface area contributed by atoms with Crippen molar-refractivity contribution < 1.29 is 0 Å². The van der Waals surface area contributed by atoms with Gasteiger partial charge in [0.2, 0.25) is 0 Å². The molecule has 1 fully saturated rings. The van der Waals surface area contributed by atoms with E-state index in [0.29, 0.717) is 6.04 Å². The van der Waals surface area contributed by atoms with Crippen molar-refractivity contribution in [2.24, 2.45) is 5.73 Å². The van der Waals surface area contributed by atoms with Crippen LogP contribution in [-0.4, -0.2) is 24.1 Å². The first-order valence-corrected chi connectivity index (χ1v) is 6.28. The number of nitrogens with zero attached hydrogens (tertiary/aromatic N) is 2. The van der Waals surface area contributed by atoms with Crippen LogP contribution in [0.5, 0.6) is 0 Å². The molecule has 0 bridgehead atoms. The van der Waals surface area contributed by atoms with E-state index in [1.165, 1.54) is 31.4 Å². The summed E-state index contributed by atoms with van der Waals surface area (Å²) in [4.78, 5) is 6.60. The average molecular weight is 219 g/mol. The first-order valence-electron chi connectivity index (χ1n) is 6.28. The average Bonchev–Trinajstić information content (AvgIpc) is 2.85. The van der Waals surface area contributed by atoms with Gasteiger partial charge in [-0.2, -0.15) is 0 Å². The fourth-order valence-corrected chi connectivity index (χ4v) is 2.54. The smallest absolute Gasteiger partial charge is 0.0399 e. The SMILES string of the molecule is NCCCN(c1ccncc1)C1CCCC1. The van der Waals surface area contributed by atoms with Crippen LogP contribution in [0.2, 0.25) is 0 Å². The Kier molecular flexibility index (Phi) is 4.17. The molecule has 1 aliphatic rings. The van der Waals surface area contributed by atoms with Crippen molar-refractivity contribution in [3.8, 4) is 0 Å². The van der Waals surface area contributed by atoms with Gasteiger partial charge in [-0.3, -0.25) is 4.98 Å². The molecule has 3 nitrogen and oxygen atoms in total. The van der Waals surface area contributed by atoms with Gasteiger partial charge in [0.15, 0.2) is 0 Å². The van der Waals surface area contributed by atoms with Crippen LogP contribution in [0.25, 0.3) is 0 Å². The molecule has 0 atom stereocenters. The minimum Gasteiger partial charge on any atom is -0.368 e. The van der Waals surface area contributed by atoms with Gasteiger partial charge in [0.05, 0.1) is 0 Å². The van der Waals surface area contributed by atoms with E-state index in [-0.39, 0.29) is 0 Å². The van der Waals surface area contributed by atoms with Gasteiger partial charge in [0.1, 0.15) is 0 Å². The van der Waals surface area contributed by atoms with Crippen LogP contribution in [-0.2, 0) is 0 Å². The number of anilines is 1. The Balaban J connectivity index is 2.07. The summed E-state index contributed by atoms with van der Waals surface area (Å²) in [6.45, 7) is 1.85. The normalized spacial score (nSPS) is 16.6. The molecule has 0 spiro atoms. The Morgan fingerprint density at radius 1 is 1.25 bits per heavy atom. The van der Waals surface area contributed by atoms with Crippen LogP contribution in [0.4, 0.5) is 5.69 Å². The first-order chi connectivity index (χ1) is 7.92. The van der Waals surface area contributed by atoms with Crippen LogP contribution in [0.1, 0.15) is 32.1 Å². The molecule has 16 heavy (non-hydrogen) atoms. The summed E-state index contributed by atoms with van der Waals surface area (Å²) in [6.07, 6.45) is 10.2. The maximum Gasteiger partial charge on any atom is 0.0399 e. The van der Waals surface area contributed by atoms with E-state index in [4.69, 9.17) is 5.73 Å². The quantitative estimate of drug-likeness (QED) is 0.825. The predicted molar refractivity (Wildman–Crippen MR) is 67.5 cm³/mol. The Labute approximate surface area is 97.7 Å². The second-order valence-electron chi connectivity index (χ2n) is 4.48. The standard InChI is InChI=1S/C13H21N3/c14-8-3-11-16(12-4-1-2-5-12)13-6-9-15-10-7-13/h6-7,9-10,12H,1-5,8,11,14H2. The Morgan fingerprint density at radius 2 is 1.94 bits per heavy atom. The summed E-state index contributed by atoms with van der Waals surface area (Å²) >= 11 is 0. The molecule has 88 valence electrons. The zero-order chi connectivity index (χ0) is 11.2. The van der Waals surface area contributed by atoms with E-state index in [1.54, 1.807) is 0 Å². The van der Waals surface area contributed by atoms with Crippen LogP contribution in [0.3, 0.4) is 0 Å². The highest BCUT2D eigenvalue weighted by atomic mass is 15.2. The fourth-order valence-electron chi connectivity index (χ4n) is 2.54. The van der Waals surface area contributed by atoms with Crippen molar-refractivity contribution >= 4 is 5.69 Å². The van der Waals surface area contributed by atoms with Gasteiger partial charge >= 0.3 is 0 Å². The van der Waals surface area contributed by atoms with Gasteiger partial charge in [-0.15, -0.1) is 0 Å². The van der Waals surface area contributed by atoms with Gasteiger partial charge in [-0.05, 0) is 37.9 Å². The second-order valence-corrected chi connectivity index (χ2v) is 4.48. The Hall–Kier alpha value is -1.09. The lowest BCUT2D eigenvalue weighted by Gasteiger charge is -2.31. The second kappa shape index (κ2) is 5.85. The van der Waals surface area contributed by atoms with Crippen LogP contribution < -0.4 is 10.6 Å². The first kappa shape index (κ1) is 11.4. The van der Waals surface area contributed by atoms with Crippen molar-refractivity contribution in [1.29, 1.82) is 0 Å². The molecule has 1 heterocycles. The molecule has 1 aliphatic carbocycles. The summed E-state index contributed by atoms with van der Waals surface area (Å²) in [5.74, 6) is 0. The molecule has 1 aromatic heterocycles. The molecule has 0 aromatic carbocycles. The molecular formula is C13H21N3. The fraction of sp³-hybridized carbons (Fsp3) is 0.615. The van der Waals surface area contributed by atoms with Crippen LogP contribution in [0.15, 0.2) is 24.5 Å². The van der Waals surface area contributed by atoms with Crippen molar-refractivity contribution in [1.82, 2.24) is 4.98 Å². The summed E-state index contributed by atoms with van der Waals surface area (Å²) in [5.41, 5.74) is 6.92. The van der Waals surface area contributed by atoms with Gasteiger partial charge < -0.3 is 10.6 Å². The van der Waals surface area contributed by atoms with Gasteiger partial charge in [0.25, 0.3) is 0 Å². The van der Waals surface area contributed by atoms with Crippen molar-refractivity contribution in [2.75, 3.05) is 18.0 Å². The largest absolute Gasteiger partial charge is 0.368 e. The Bertz CT molecular complexity index is 293. The molecule has 0 unspecified atom stereocenters. The lowest BCUT2D eigenvalue weighted by Crippen LogP contribution is -2.35. The number of aromatic nitrogens is 1. The zero-order valence-corrected chi connectivity index (χ0v) is 9.81. The van der Waals surface area contributed by atoms with Gasteiger partial charge in [-0.25, -0.2) is 0 Å². The van der Waals surface area contributed by atoms with Crippen molar-refractivity contribution in [3.63, 3.8) is 0 Å². The number of rotatable bonds is 5. The number of pyridine rings is 1. The number of nitrogens with two attached hydrogens (primary N) is 1. The number of hydrogen-bond acceptors (Lipinski definition) is 3. The molecule has 2 N–H and O–H groups in total. The third-order valence-corrected chi connectivity index (χ3v) is 3.36. The summed E-state index contributed by atoms with van der Waals surface area (Å²) in [6, 6.07) is 4.93. The van der Waals surface area contributed by atoms with E-state index < -0.39 is 0 Å². The third kappa shape index (κ3) is 2.73. The predicted octanol–water partition coefficient (Wildman–Crippen LogP) is 2.18. The van der Waals surface area contributed by atoms with Crippen molar-refractivity contribution in [2.45, 2.75) is 38.1 Å². The molecule has 0 amide bonds. The highest BCUT2D eigenvalue weighted by Gasteiger charge is 2.22. The molecule has 1 saturated carbocycles. The molecule has 3 heteroatoms. The molecular weight excluding hydrogens is 198 g/mol. The summed E-state index contributed by atoms with van der Waals surface area (Å²) < 4.78 is 0. The van der Waals surface area contributed by atoms with Crippen molar-refractivity contribution in [3.05, 3.63) is 24.5 Å².